The lowest BCUT2D eigenvalue weighted by atomic mass is 10.1. The van der Waals surface area contributed by atoms with Crippen LogP contribution >= 0.6 is 58.3 Å². The molecular formula is C15H11ClN6O4S4. The van der Waals surface area contributed by atoms with Crippen LogP contribution in [0.1, 0.15) is 15.7 Å². The molecule has 0 bridgehead atoms. The summed E-state index contributed by atoms with van der Waals surface area (Å²) in [5.41, 5.74) is 5.85. The van der Waals surface area contributed by atoms with Crippen molar-refractivity contribution in [2.75, 3.05) is 5.73 Å². The van der Waals surface area contributed by atoms with Crippen LogP contribution in [0.2, 0.25) is 4.34 Å². The quantitative estimate of drug-likeness (QED) is 0.403. The number of nitrogen functional groups attached to an aromatic ring is 1. The highest BCUT2D eigenvalue weighted by Crippen LogP contribution is 2.46. The van der Waals surface area contributed by atoms with Gasteiger partial charge in [0.25, 0.3) is 5.91 Å². The Bertz CT molecular complexity index is 1140. The lowest BCUT2D eigenvalue weighted by molar-refractivity contribution is -0.138. The number of halogens is 1. The summed E-state index contributed by atoms with van der Waals surface area (Å²) in [6, 6.07) is 0. The first-order chi connectivity index (χ1) is 14.2. The number of β-lactam (4-membered cyclic amide) rings is 1. The van der Waals surface area contributed by atoms with Crippen molar-refractivity contribution in [3.05, 3.63) is 25.7 Å². The molecule has 2 aromatic heterocycles. The predicted molar refractivity (Wildman–Crippen MR) is 117 cm³/mol. The molecule has 4 N–H and O–H groups in total. The van der Waals surface area contributed by atoms with Crippen LogP contribution in [0.25, 0.3) is 5.57 Å². The van der Waals surface area contributed by atoms with E-state index in [9.17, 15) is 19.5 Å². The van der Waals surface area contributed by atoms with E-state index in [0.29, 0.717) is 20.0 Å². The van der Waals surface area contributed by atoms with Gasteiger partial charge < -0.3 is 16.2 Å². The van der Waals surface area contributed by atoms with Gasteiger partial charge in [0.05, 0.1) is 17.7 Å². The van der Waals surface area contributed by atoms with E-state index in [1.54, 1.807) is 6.92 Å². The number of carbonyl (C=O) groups excluding carboxylic acids is 2. The Morgan fingerprint density at radius 2 is 2.10 bits per heavy atom. The summed E-state index contributed by atoms with van der Waals surface area (Å²) >= 11 is 14.5. The van der Waals surface area contributed by atoms with Crippen molar-refractivity contribution in [2.45, 2.75) is 24.1 Å². The van der Waals surface area contributed by atoms with Gasteiger partial charge in [-0.3, -0.25) is 14.5 Å². The number of fused-ring (bicyclic) bond motifs is 1. The van der Waals surface area contributed by atoms with Crippen molar-refractivity contribution in [2.24, 2.45) is 0 Å². The number of nitrogens with zero attached hydrogens (tertiary/aromatic N) is 4. The highest BCUT2D eigenvalue weighted by molar-refractivity contribution is 8.03. The summed E-state index contributed by atoms with van der Waals surface area (Å²) < 4.78 is 0.303. The number of thioether (sulfide) groups is 1. The summed E-state index contributed by atoms with van der Waals surface area (Å²) in [6.07, 6.45) is -0.147. The predicted octanol–water partition coefficient (Wildman–Crippen LogP) is 1.30. The molecule has 1 fully saturated rings. The average Bonchev–Trinajstić information content (AvgIpc) is 3.24. The largest absolute Gasteiger partial charge is 0.477 e. The van der Waals surface area contributed by atoms with Crippen molar-refractivity contribution in [3.8, 4) is 0 Å². The third-order valence-corrected chi connectivity index (χ3v) is 8.07. The molecule has 10 nitrogen and oxygen atoms in total. The molecule has 0 aromatic carbocycles. The molecule has 2 aromatic rings. The third kappa shape index (κ3) is 3.58. The van der Waals surface area contributed by atoms with E-state index >= 15 is 0 Å². The zero-order valence-electron chi connectivity index (χ0n) is 14.9. The van der Waals surface area contributed by atoms with E-state index in [2.05, 4.69) is 20.5 Å². The number of hydrogen-bond acceptors (Lipinski definition) is 11. The molecule has 0 aliphatic carbocycles. The van der Waals surface area contributed by atoms with E-state index in [1.807, 2.05) is 0 Å². The van der Waals surface area contributed by atoms with E-state index < -0.39 is 28.5 Å². The Balaban J connectivity index is 1.71. The molecule has 4 heterocycles. The van der Waals surface area contributed by atoms with Gasteiger partial charge in [0.1, 0.15) is 35.7 Å². The van der Waals surface area contributed by atoms with Gasteiger partial charge in [0, 0.05) is 0 Å². The fourth-order valence-corrected chi connectivity index (χ4v) is 6.42. The molecule has 2 aliphatic rings. The topological polar surface area (TPSA) is 151 Å². The van der Waals surface area contributed by atoms with E-state index in [-0.39, 0.29) is 27.7 Å². The van der Waals surface area contributed by atoms with E-state index in [4.69, 9.17) is 29.6 Å². The summed E-state index contributed by atoms with van der Waals surface area (Å²) in [5.74, 6) is -2.32. The van der Waals surface area contributed by atoms with Gasteiger partial charge >= 0.3 is 5.97 Å². The average molecular weight is 503 g/mol. The van der Waals surface area contributed by atoms with Gasteiger partial charge in [-0.25, -0.2) is 9.78 Å². The number of thiocarbonyl (C=S) groups is 1. The highest BCUT2D eigenvalue weighted by Gasteiger charge is 2.53. The summed E-state index contributed by atoms with van der Waals surface area (Å²) in [4.78, 5) is 42.2. The fourth-order valence-electron chi connectivity index (χ4n) is 2.93. The number of amides is 2. The molecule has 2 atom stereocenters. The number of aliphatic carboxylic acids is 1. The first-order valence-electron chi connectivity index (χ1n) is 8.18. The number of aromatic nitrogens is 3. The number of rotatable bonds is 5. The first-order valence-corrected chi connectivity index (χ1v) is 11.5. The summed E-state index contributed by atoms with van der Waals surface area (Å²) in [7, 11) is 0. The lowest BCUT2D eigenvalue weighted by Crippen LogP contribution is -2.63. The number of nitrogens with two attached hydrogens (primary N) is 1. The molecule has 30 heavy (non-hydrogen) atoms. The van der Waals surface area contributed by atoms with Crippen molar-refractivity contribution in [3.63, 3.8) is 0 Å². The number of thiazole rings is 1. The van der Waals surface area contributed by atoms with Gasteiger partial charge in [-0.05, 0) is 6.92 Å². The maximum Gasteiger partial charge on any atom is 0.353 e. The second-order valence-electron chi connectivity index (χ2n) is 6.12. The first kappa shape index (κ1) is 21.1. The molecule has 1 saturated heterocycles. The molecule has 2 aliphatic heterocycles. The van der Waals surface area contributed by atoms with Crippen LogP contribution in [0.4, 0.5) is 5.13 Å². The number of carboxylic acids is 1. The van der Waals surface area contributed by atoms with Crippen molar-refractivity contribution >= 4 is 91.6 Å². The minimum Gasteiger partial charge on any atom is -0.477 e. The Kier molecular flexibility index (Phi) is 5.52. The van der Waals surface area contributed by atoms with E-state index in [1.165, 1.54) is 0 Å². The number of carboxylic acid groups (broad SMARTS) is 1. The molecular weight excluding hydrogens is 492 g/mol. The minimum atomic E-state index is -1.33. The van der Waals surface area contributed by atoms with Crippen molar-refractivity contribution < 1.29 is 19.5 Å². The maximum absolute atomic E-state index is 12.7. The SMILES string of the molecule is Cc1nnc(C2=C(C(=O)O)N3C(=O)C(=S)[C@@H]3SC2NC(=O)Cc2nc(N)sc2Cl)s1. The van der Waals surface area contributed by atoms with Gasteiger partial charge in [0.15, 0.2) is 5.13 Å². The Hall–Kier alpha value is -2.13. The summed E-state index contributed by atoms with van der Waals surface area (Å²) in [5, 5.41) is 20.2. The van der Waals surface area contributed by atoms with Crippen LogP contribution in [0, 0.1) is 6.92 Å². The number of carbonyl (C=O) groups is 3. The standard InChI is InChI=1S/C15H11ClN6O4S4/c1-3-20-21-11(28-3)6-7(14(25)26)22-12(24)8(27)13(22)30-10(6)19-5(23)2-4-9(16)29-15(17)18-4/h10,13H,2H2,1H3,(H2,17,18)(H,19,23)(H,25,26)/t10?,13-/m0/s1. The Morgan fingerprint density at radius 3 is 2.67 bits per heavy atom. The van der Waals surface area contributed by atoms with Crippen LogP contribution < -0.4 is 11.1 Å². The zero-order chi connectivity index (χ0) is 21.7. The molecule has 0 spiro atoms. The van der Waals surface area contributed by atoms with Crippen LogP contribution in [-0.2, 0) is 20.8 Å². The molecule has 4 rings (SSSR count). The van der Waals surface area contributed by atoms with Gasteiger partial charge in [-0.15, -0.1) is 22.0 Å². The van der Waals surface area contributed by atoms with Crippen molar-refractivity contribution in [1.82, 2.24) is 25.4 Å². The smallest absolute Gasteiger partial charge is 0.353 e. The van der Waals surface area contributed by atoms with Crippen LogP contribution in [-0.4, -0.2) is 58.6 Å². The second kappa shape index (κ2) is 7.85. The number of hydrogen-bond donors (Lipinski definition) is 3. The molecule has 0 saturated carbocycles. The summed E-state index contributed by atoms with van der Waals surface area (Å²) in [6.45, 7) is 1.72. The maximum atomic E-state index is 12.7. The normalized spacial score (nSPS) is 20.8. The lowest BCUT2D eigenvalue weighted by Gasteiger charge is -2.46. The second-order valence-corrected chi connectivity index (χ2v) is 10.6. The minimum absolute atomic E-state index is 0.0980. The van der Waals surface area contributed by atoms with Crippen LogP contribution in [0.3, 0.4) is 0 Å². The Labute approximate surface area is 191 Å². The van der Waals surface area contributed by atoms with Crippen molar-refractivity contribution in [1.29, 1.82) is 0 Å². The third-order valence-electron chi connectivity index (χ3n) is 4.16. The van der Waals surface area contributed by atoms with Gasteiger partial charge in [-0.2, -0.15) is 0 Å². The molecule has 1 unspecified atom stereocenters. The van der Waals surface area contributed by atoms with E-state index in [0.717, 1.165) is 39.3 Å². The molecule has 0 radical (unpaired) electrons. The van der Waals surface area contributed by atoms with Crippen LogP contribution in [0.5, 0.6) is 0 Å². The van der Waals surface area contributed by atoms with Gasteiger partial charge in [-0.1, -0.05) is 46.5 Å². The zero-order valence-corrected chi connectivity index (χ0v) is 18.9. The number of nitrogens with one attached hydrogen (secondary N) is 1. The monoisotopic (exact) mass is 502 g/mol. The number of aryl methyl sites for hydroxylation is 1. The number of anilines is 1. The highest BCUT2D eigenvalue weighted by atomic mass is 35.5. The molecule has 156 valence electrons. The molecule has 15 heteroatoms. The molecule has 2 amide bonds. The van der Waals surface area contributed by atoms with Crippen LogP contribution in [0.15, 0.2) is 5.70 Å². The van der Waals surface area contributed by atoms with Gasteiger partial charge in [0.2, 0.25) is 5.91 Å². The fraction of sp³-hybridized carbons (Fsp3) is 0.267. The Morgan fingerprint density at radius 1 is 1.37 bits per heavy atom.